The van der Waals surface area contributed by atoms with Gasteiger partial charge in [0.2, 0.25) is 0 Å². The van der Waals surface area contributed by atoms with E-state index in [1.54, 1.807) is 20.8 Å². The fraction of sp³-hybridized carbons (Fsp3) is 0.923. The van der Waals surface area contributed by atoms with E-state index in [1.807, 2.05) is 0 Å². The highest BCUT2D eigenvalue weighted by molar-refractivity contribution is 7.90. The maximum atomic E-state index is 11.6. The molecule has 7 heteroatoms. The van der Waals surface area contributed by atoms with Crippen molar-refractivity contribution in [3.8, 4) is 0 Å². The number of ether oxygens (including phenoxy) is 1. The standard InChI is InChI=1S/C13H27NO5S/c1-13(2,3)19-12(16)14-11(8-9-15)7-5-6-10-20(4,17)18/h11,15H,5-10H2,1-4H3,(H,14,16)/t11-/m0/s1. The quantitative estimate of drug-likeness (QED) is 0.662. The van der Waals surface area contributed by atoms with Gasteiger partial charge in [-0.05, 0) is 40.0 Å². The topological polar surface area (TPSA) is 92.7 Å². The smallest absolute Gasteiger partial charge is 0.407 e. The van der Waals surface area contributed by atoms with E-state index < -0.39 is 21.5 Å². The van der Waals surface area contributed by atoms with E-state index in [1.165, 1.54) is 6.26 Å². The number of amides is 1. The van der Waals surface area contributed by atoms with E-state index in [0.29, 0.717) is 25.7 Å². The molecule has 120 valence electrons. The summed E-state index contributed by atoms with van der Waals surface area (Å²) < 4.78 is 27.2. The second kappa shape index (κ2) is 8.46. The van der Waals surface area contributed by atoms with Crippen LogP contribution < -0.4 is 5.32 Å². The number of aliphatic hydroxyl groups excluding tert-OH is 1. The van der Waals surface area contributed by atoms with Crippen molar-refractivity contribution in [1.82, 2.24) is 5.32 Å². The van der Waals surface area contributed by atoms with Crippen molar-refractivity contribution >= 4 is 15.9 Å². The average Bonchev–Trinajstić information content (AvgIpc) is 2.20. The second-order valence-corrected chi connectivity index (χ2v) is 8.24. The molecular weight excluding hydrogens is 282 g/mol. The number of hydrogen-bond acceptors (Lipinski definition) is 5. The van der Waals surface area contributed by atoms with Crippen molar-refractivity contribution in [2.75, 3.05) is 18.6 Å². The van der Waals surface area contributed by atoms with E-state index in [0.717, 1.165) is 0 Å². The molecule has 0 rings (SSSR count). The first-order chi connectivity index (χ1) is 9.03. The highest BCUT2D eigenvalue weighted by atomic mass is 32.2. The lowest BCUT2D eigenvalue weighted by Gasteiger charge is -2.23. The normalized spacial score (nSPS) is 13.8. The lowest BCUT2D eigenvalue weighted by atomic mass is 10.1. The van der Waals surface area contributed by atoms with E-state index in [4.69, 9.17) is 9.84 Å². The summed E-state index contributed by atoms with van der Waals surface area (Å²) in [5, 5.41) is 11.7. The molecule has 0 aliphatic rings. The van der Waals surface area contributed by atoms with Crippen LogP contribution in [0.3, 0.4) is 0 Å². The molecule has 1 atom stereocenters. The van der Waals surface area contributed by atoms with Crippen LogP contribution in [-0.2, 0) is 14.6 Å². The van der Waals surface area contributed by atoms with Crippen molar-refractivity contribution in [3.05, 3.63) is 0 Å². The summed E-state index contributed by atoms with van der Waals surface area (Å²) in [5.74, 6) is 0.144. The highest BCUT2D eigenvalue weighted by Gasteiger charge is 2.19. The Hall–Kier alpha value is -0.820. The molecule has 0 aromatic carbocycles. The van der Waals surface area contributed by atoms with Gasteiger partial charge in [0, 0.05) is 24.7 Å². The molecular formula is C13H27NO5S. The van der Waals surface area contributed by atoms with Crippen molar-refractivity contribution in [1.29, 1.82) is 0 Å². The highest BCUT2D eigenvalue weighted by Crippen LogP contribution is 2.10. The number of carbonyl (C=O) groups is 1. The lowest BCUT2D eigenvalue weighted by molar-refractivity contribution is 0.0493. The third kappa shape index (κ3) is 12.2. The van der Waals surface area contributed by atoms with Gasteiger partial charge in [-0.25, -0.2) is 13.2 Å². The Morgan fingerprint density at radius 2 is 1.85 bits per heavy atom. The van der Waals surface area contributed by atoms with Gasteiger partial charge in [-0.2, -0.15) is 0 Å². The Bertz CT molecular complexity index is 386. The van der Waals surface area contributed by atoms with Crippen LogP contribution in [-0.4, -0.2) is 49.9 Å². The van der Waals surface area contributed by atoms with Gasteiger partial charge in [0.1, 0.15) is 15.4 Å². The third-order valence-electron chi connectivity index (χ3n) is 2.52. The molecule has 2 N–H and O–H groups in total. The molecule has 0 aromatic heterocycles. The van der Waals surface area contributed by atoms with Gasteiger partial charge in [0.05, 0.1) is 0 Å². The summed E-state index contributed by atoms with van der Waals surface area (Å²) in [7, 11) is -2.94. The van der Waals surface area contributed by atoms with Crippen LogP contribution in [0.15, 0.2) is 0 Å². The summed E-state index contributed by atoms with van der Waals surface area (Å²) in [6, 6.07) is -0.200. The number of alkyl carbamates (subject to hydrolysis) is 1. The molecule has 0 aliphatic carbocycles. The van der Waals surface area contributed by atoms with E-state index in [9.17, 15) is 13.2 Å². The Labute approximate surface area is 121 Å². The van der Waals surface area contributed by atoms with Crippen LogP contribution in [0.2, 0.25) is 0 Å². The van der Waals surface area contributed by atoms with Gasteiger partial charge in [0.25, 0.3) is 0 Å². The van der Waals surface area contributed by atoms with Gasteiger partial charge in [0.15, 0.2) is 0 Å². The number of sulfone groups is 1. The molecule has 0 spiro atoms. The van der Waals surface area contributed by atoms with E-state index in [2.05, 4.69) is 5.32 Å². The van der Waals surface area contributed by atoms with Crippen molar-refractivity contribution < 1.29 is 23.1 Å². The van der Waals surface area contributed by atoms with Crippen LogP contribution in [0.5, 0.6) is 0 Å². The first-order valence-corrected chi connectivity index (χ1v) is 8.87. The monoisotopic (exact) mass is 309 g/mol. The Balaban J connectivity index is 4.13. The Morgan fingerprint density at radius 3 is 2.30 bits per heavy atom. The molecule has 0 aliphatic heterocycles. The predicted octanol–water partition coefficient (Wildman–Crippen LogP) is 1.48. The minimum Gasteiger partial charge on any atom is -0.444 e. The van der Waals surface area contributed by atoms with Gasteiger partial charge >= 0.3 is 6.09 Å². The summed E-state index contributed by atoms with van der Waals surface area (Å²) >= 11 is 0. The molecule has 1 amide bonds. The summed E-state index contributed by atoms with van der Waals surface area (Å²) in [6.45, 7) is 5.30. The van der Waals surface area contributed by atoms with Crippen molar-refractivity contribution in [2.24, 2.45) is 0 Å². The molecule has 0 bridgehead atoms. The summed E-state index contributed by atoms with van der Waals surface area (Å²) in [5.41, 5.74) is -0.565. The molecule has 6 nitrogen and oxygen atoms in total. The maximum Gasteiger partial charge on any atom is 0.407 e. The number of rotatable bonds is 8. The van der Waals surface area contributed by atoms with Gasteiger partial charge < -0.3 is 15.2 Å². The van der Waals surface area contributed by atoms with E-state index >= 15 is 0 Å². The SMILES string of the molecule is CC(C)(C)OC(=O)N[C@H](CCO)CCCCS(C)(=O)=O. The van der Waals surface area contributed by atoms with Gasteiger partial charge in [-0.15, -0.1) is 0 Å². The molecule has 0 unspecified atom stereocenters. The zero-order valence-electron chi connectivity index (χ0n) is 12.8. The van der Waals surface area contributed by atoms with Crippen LogP contribution in [0.4, 0.5) is 4.79 Å². The fourth-order valence-electron chi connectivity index (χ4n) is 1.67. The molecule has 0 fully saturated rings. The first kappa shape index (κ1) is 19.2. The van der Waals surface area contributed by atoms with Crippen LogP contribution in [0.25, 0.3) is 0 Å². The zero-order valence-corrected chi connectivity index (χ0v) is 13.6. The number of nitrogens with one attached hydrogen (secondary N) is 1. The van der Waals surface area contributed by atoms with Crippen LogP contribution in [0.1, 0.15) is 46.5 Å². The summed E-state index contributed by atoms with van der Waals surface area (Å²) in [4.78, 5) is 11.6. The minimum absolute atomic E-state index is 0.0352. The van der Waals surface area contributed by atoms with E-state index in [-0.39, 0.29) is 18.4 Å². The Kier molecular flexibility index (Phi) is 8.12. The lowest BCUT2D eigenvalue weighted by Crippen LogP contribution is -2.39. The largest absolute Gasteiger partial charge is 0.444 e. The Morgan fingerprint density at radius 1 is 1.25 bits per heavy atom. The molecule has 0 aromatic rings. The molecule has 0 radical (unpaired) electrons. The third-order valence-corrected chi connectivity index (χ3v) is 3.55. The fourth-order valence-corrected chi connectivity index (χ4v) is 2.40. The number of carbonyl (C=O) groups excluding carboxylic acids is 1. The van der Waals surface area contributed by atoms with Gasteiger partial charge in [-0.3, -0.25) is 0 Å². The maximum absolute atomic E-state index is 11.6. The number of unbranched alkanes of at least 4 members (excludes halogenated alkanes) is 1. The minimum atomic E-state index is -2.94. The molecule has 0 heterocycles. The van der Waals surface area contributed by atoms with Crippen LogP contribution in [0, 0.1) is 0 Å². The molecule has 20 heavy (non-hydrogen) atoms. The van der Waals surface area contributed by atoms with Gasteiger partial charge in [-0.1, -0.05) is 6.42 Å². The summed E-state index contributed by atoms with van der Waals surface area (Å²) in [6.07, 6.45) is 2.97. The first-order valence-electron chi connectivity index (χ1n) is 6.81. The second-order valence-electron chi connectivity index (χ2n) is 5.98. The zero-order chi connectivity index (χ0) is 15.8. The van der Waals surface area contributed by atoms with Crippen molar-refractivity contribution in [2.45, 2.75) is 58.1 Å². The predicted molar refractivity (Wildman–Crippen MR) is 78.4 cm³/mol. The number of hydrogen-bond donors (Lipinski definition) is 2. The number of aliphatic hydroxyl groups is 1. The van der Waals surface area contributed by atoms with Crippen LogP contribution >= 0.6 is 0 Å². The molecule has 0 saturated heterocycles. The average molecular weight is 309 g/mol. The van der Waals surface area contributed by atoms with Crippen molar-refractivity contribution in [3.63, 3.8) is 0 Å². The molecule has 0 saturated carbocycles.